The number of aryl methyl sites for hydroxylation is 2. The maximum Gasteiger partial charge on any atom is 0.348 e. The van der Waals surface area contributed by atoms with Crippen LogP contribution in [0.1, 0.15) is 37.4 Å². The summed E-state index contributed by atoms with van der Waals surface area (Å²) in [7, 11) is 0. The molecule has 0 saturated carbocycles. The molecule has 1 heterocycles. The van der Waals surface area contributed by atoms with Crippen molar-refractivity contribution in [2.24, 2.45) is 0 Å². The average molecular weight is 331 g/mol. The fourth-order valence-electron chi connectivity index (χ4n) is 2.03. The van der Waals surface area contributed by atoms with E-state index in [1.807, 2.05) is 32.0 Å². The highest BCUT2D eigenvalue weighted by atomic mass is 32.1. The average Bonchev–Trinajstić information content (AvgIpc) is 2.99. The molecule has 0 aliphatic heterocycles. The number of para-hydroxylation sites is 1. The van der Waals surface area contributed by atoms with Crippen molar-refractivity contribution < 1.29 is 19.1 Å². The largest absolute Gasteiger partial charge is 0.451 e. The number of nitrogens with one attached hydrogen (secondary N) is 1. The monoisotopic (exact) mass is 331 g/mol. The van der Waals surface area contributed by atoms with E-state index >= 15 is 0 Å². The Hall–Kier alpha value is -2.47. The van der Waals surface area contributed by atoms with Gasteiger partial charge in [0.05, 0.1) is 4.88 Å². The molecule has 23 heavy (non-hydrogen) atoms. The van der Waals surface area contributed by atoms with Crippen molar-refractivity contribution >= 4 is 34.7 Å². The molecular weight excluding hydrogens is 314 g/mol. The molecule has 6 heteroatoms. The van der Waals surface area contributed by atoms with Crippen molar-refractivity contribution in [2.75, 3.05) is 11.9 Å². The highest BCUT2D eigenvalue weighted by Gasteiger charge is 2.15. The van der Waals surface area contributed by atoms with Crippen molar-refractivity contribution in [1.82, 2.24) is 0 Å². The van der Waals surface area contributed by atoms with E-state index in [-0.39, 0.29) is 12.4 Å². The first-order chi connectivity index (χ1) is 10.9. The summed E-state index contributed by atoms with van der Waals surface area (Å²) in [5.74, 6) is -1.12. The zero-order valence-electron chi connectivity index (χ0n) is 13.1. The van der Waals surface area contributed by atoms with E-state index in [1.54, 1.807) is 6.07 Å². The Kier molecular flexibility index (Phi) is 5.28. The molecule has 1 aromatic carbocycles. The van der Waals surface area contributed by atoms with Crippen LogP contribution in [0.5, 0.6) is 0 Å². The highest BCUT2D eigenvalue weighted by Crippen LogP contribution is 2.20. The van der Waals surface area contributed by atoms with Crippen LogP contribution in [0, 0.1) is 13.8 Å². The standard InChI is InChI=1S/C17H17NO4S/c1-10-5-4-6-11(2)16(10)18-15(20)9-22-17(21)14-8-7-13(23-14)12(3)19/h4-8H,9H2,1-3H3,(H,18,20). The Bertz CT molecular complexity index is 743. The SMILES string of the molecule is CC(=O)c1ccc(C(=O)OCC(=O)Nc2c(C)cccc2C)s1. The first kappa shape index (κ1) is 16.9. The Balaban J connectivity index is 1.93. The fourth-order valence-corrected chi connectivity index (χ4v) is 2.82. The Morgan fingerprint density at radius 3 is 2.22 bits per heavy atom. The van der Waals surface area contributed by atoms with Crippen LogP contribution in [0.3, 0.4) is 0 Å². The van der Waals surface area contributed by atoms with Crippen molar-refractivity contribution in [3.63, 3.8) is 0 Å². The second-order valence-corrected chi connectivity index (χ2v) is 6.19. The molecular formula is C17H17NO4S. The number of thiophene rings is 1. The van der Waals surface area contributed by atoms with E-state index < -0.39 is 11.9 Å². The molecule has 0 fully saturated rings. The van der Waals surface area contributed by atoms with Crippen LogP contribution < -0.4 is 5.32 Å². The number of benzene rings is 1. The van der Waals surface area contributed by atoms with E-state index in [0.717, 1.165) is 28.2 Å². The zero-order chi connectivity index (χ0) is 17.0. The van der Waals surface area contributed by atoms with Gasteiger partial charge in [0, 0.05) is 5.69 Å². The quantitative estimate of drug-likeness (QED) is 0.673. The third-order valence-corrected chi connectivity index (χ3v) is 4.40. The molecule has 0 unspecified atom stereocenters. The number of Topliss-reactive ketones (excluding diaryl/α,β-unsaturated/α-hetero) is 1. The predicted molar refractivity (Wildman–Crippen MR) is 89.2 cm³/mol. The lowest BCUT2D eigenvalue weighted by Gasteiger charge is -2.11. The van der Waals surface area contributed by atoms with Crippen LogP contribution in [0.15, 0.2) is 30.3 Å². The van der Waals surface area contributed by atoms with E-state index in [0.29, 0.717) is 9.75 Å². The number of rotatable bonds is 5. The Labute approximate surface area is 138 Å². The molecule has 0 aliphatic rings. The molecule has 0 aliphatic carbocycles. The molecule has 0 radical (unpaired) electrons. The summed E-state index contributed by atoms with van der Waals surface area (Å²) in [5, 5.41) is 2.74. The van der Waals surface area contributed by atoms with Crippen LogP contribution in [0.2, 0.25) is 0 Å². The molecule has 1 N–H and O–H groups in total. The molecule has 2 rings (SSSR count). The minimum absolute atomic E-state index is 0.109. The summed E-state index contributed by atoms with van der Waals surface area (Å²) in [6, 6.07) is 8.78. The molecule has 1 aromatic heterocycles. The van der Waals surface area contributed by atoms with Gasteiger partial charge in [-0.2, -0.15) is 0 Å². The topological polar surface area (TPSA) is 72.5 Å². The van der Waals surface area contributed by atoms with Crippen molar-refractivity contribution in [1.29, 1.82) is 0 Å². The minimum atomic E-state index is -0.612. The number of esters is 1. The molecule has 1 amide bonds. The molecule has 5 nitrogen and oxygen atoms in total. The second kappa shape index (κ2) is 7.19. The van der Waals surface area contributed by atoms with Gasteiger partial charge in [-0.1, -0.05) is 18.2 Å². The highest BCUT2D eigenvalue weighted by molar-refractivity contribution is 7.15. The number of anilines is 1. The number of ether oxygens (including phenoxy) is 1. The maximum atomic E-state index is 11.9. The number of ketones is 1. The van der Waals surface area contributed by atoms with E-state index in [9.17, 15) is 14.4 Å². The molecule has 2 aromatic rings. The van der Waals surface area contributed by atoms with Gasteiger partial charge in [-0.05, 0) is 44.0 Å². The lowest BCUT2D eigenvalue weighted by atomic mass is 10.1. The second-order valence-electron chi connectivity index (χ2n) is 5.11. The van der Waals surface area contributed by atoms with Gasteiger partial charge in [-0.15, -0.1) is 11.3 Å². The van der Waals surface area contributed by atoms with E-state index in [1.165, 1.54) is 13.0 Å². The number of hydrogen-bond acceptors (Lipinski definition) is 5. The molecule has 0 saturated heterocycles. The van der Waals surface area contributed by atoms with E-state index in [4.69, 9.17) is 4.74 Å². The van der Waals surface area contributed by atoms with Crippen LogP contribution in [0.4, 0.5) is 5.69 Å². The third kappa shape index (κ3) is 4.26. The summed E-state index contributed by atoms with van der Waals surface area (Å²) in [6.45, 7) is 4.84. The summed E-state index contributed by atoms with van der Waals surface area (Å²) < 4.78 is 4.98. The third-order valence-electron chi connectivity index (χ3n) is 3.23. The first-order valence-corrected chi connectivity index (χ1v) is 7.84. The predicted octanol–water partition coefficient (Wildman–Crippen LogP) is 3.36. The zero-order valence-corrected chi connectivity index (χ0v) is 14.0. The van der Waals surface area contributed by atoms with E-state index in [2.05, 4.69) is 5.32 Å². The molecule has 0 bridgehead atoms. The van der Waals surface area contributed by atoms with Gasteiger partial charge < -0.3 is 10.1 Å². The first-order valence-electron chi connectivity index (χ1n) is 7.02. The number of hydrogen-bond donors (Lipinski definition) is 1. The van der Waals surface area contributed by atoms with Crippen LogP contribution >= 0.6 is 11.3 Å². The van der Waals surface area contributed by atoms with Crippen LogP contribution in [-0.2, 0) is 9.53 Å². The van der Waals surface area contributed by atoms with Gasteiger partial charge in [0.15, 0.2) is 12.4 Å². The maximum absolute atomic E-state index is 11.9. The Morgan fingerprint density at radius 1 is 1.04 bits per heavy atom. The van der Waals surface area contributed by atoms with Crippen molar-refractivity contribution in [3.8, 4) is 0 Å². The molecule has 0 spiro atoms. The van der Waals surface area contributed by atoms with Gasteiger partial charge in [0.25, 0.3) is 5.91 Å². The summed E-state index contributed by atoms with van der Waals surface area (Å²) in [4.78, 5) is 35.8. The minimum Gasteiger partial charge on any atom is -0.451 e. The van der Waals surface area contributed by atoms with Gasteiger partial charge >= 0.3 is 5.97 Å². The van der Waals surface area contributed by atoms with Crippen molar-refractivity contribution in [2.45, 2.75) is 20.8 Å². The number of carbonyl (C=O) groups excluding carboxylic acids is 3. The van der Waals surface area contributed by atoms with Gasteiger partial charge in [0.1, 0.15) is 4.88 Å². The lowest BCUT2D eigenvalue weighted by molar-refractivity contribution is -0.119. The van der Waals surface area contributed by atoms with Gasteiger partial charge in [-0.3, -0.25) is 9.59 Å². The molecule has 120 valence electrons. The van der Waals surface area contributed by atoms with Crippen LogP contribution in [0.25, 0.3) is 0 Å². The summed E-state index contributed by atoms with van der Waals surface area (Å²) in [6.07, 6.45) is 0. The fraction of sp³-hybridized carbons (Fsp3) is 0.235. The normalized spacial score (nSPS) is 10.2. The van der Waals surface area contributed by atoms with Gasteiger partial charge in [0.2, 0.25) is 0 Å². The summed E-state index contributed by atoms with van der Waals surface area (Å²) in [5.41, 5.74) is 2.60. The lowest BCUT2D eigenvalue weighted by Crippen LogP contribution is -2.21. The van der Waals surface area contributed by atoms with Gasteiger partial charge in [-0.25, -0.2) is 4.79 Å². The summed E-state index contributed by atoms with van der Waals surface area (Å²) >= 11 is 1.05. The van der Waals surface area contributed by atoms with Crippen LogP contribution in [-0.4, -0.2) is 24.3 Å². The number of amides is 1. The smallest absolute Gasteiger partial charge is 0.348 e. The molecule has 0 atom stereocenters. The Morgan fingerprint density at radius 2 is 1.65 bits per heavy atom. The number of carbonyl (C=O) groups is 3. The van der Waals surface area contributed by atoms with Crippen molar-refractivity contribution in [3.05, 3.63) is 51.2 Å².